The van der Waals surface area contributed by atoms with E-state index in [0.717, 1.165) is 11.3 Å². The lowest BCUT2D eigenvalue weighted by Crippen LogP contribution is -2.15. The van der Waals surface area contributed by atoms with Crippen LogP contribution in [0.5, 0.6) is 0 Å². The summed E-state index contributed by atoms with van der Waals surface area (Å²) in [5, 5.41) is 0.554. The zero-order chi connectivity index (χ0) is 15.4. The summed E-state index contributed by atoms with van der Waals surface area (Å²) >= 11 is 6.02. The van der Waals surface area contributed by atoms with Crippen LogP contribution in [0.2, 0.25) is 5.02 Å². The van der Waals surface area contributed by atoms with Crippen molar-refractivity contribution < 1.29 is 4.79 Å². The van der Waals surface area contributed by atoms with E-state index in [4.69, 9.17) is 11.6 Å². The average molecular weight is 308 g/mol. The van der Waals surface area contributed by atoms with Gasteiger partial charge in [-0.25, -0.2) is 0 Å². The monoisotopic (exact) mass is 307 g/mol. The SMILES string of the molecule is O=C(c1cccc(Cl)c1)[C@@H](c1ccccc1)c1ccccn1. The van der Waals surface area contributed by atoms with Crippen LogP contribution in [0.1, 0.15) is 27.5 Å². The van der Waals surface area contributed by atoms with Crippen molar-refractivity contribution in [2.24, 2.45) is 0 Å². The first-order valence-electron chi connectivity index (χ1n) is 7.01. The van der Waals surface area contributed by atoms with Crippen molar-refractivity contribution in [1.29, 1.82) is 0 Å². The first kappa shape index (κ1) is 14.5. The van der Waals surface area contributed by atoms with E-state index < -0.39 is 5.92 Å². The van der Waals surface area contributed by atoms with Crippen molar-refractivity contribution in [2.75, 3.05) is 0 Å². The van der Waals surface area contributed by atoms with E-state index >= 15 is 0 Å². The molecular formula is C19H14ClNO. The van der Waals surface area contributed by atoms with E-state index in [1.807, 2.05) is 48.5 Å². The standard InChI is InChI=1S/C19H14ClNO/c20-16-10-6-9-15(13-16)19(22)18(14-7-2-1-3-8-14)17-11-4-5-12-21-17/h1-13,18H/t18-/m0/s1. The van der Waals surface area contributed by atoms with Crippen LogP contribution in [0, 0.1) is 0 Å². The van der Waals surface area contributed by atoms with Gasteiger partial charge in [0.1, 0.15) is 0 Å². The second-order valence-corrected chi connectivity index (χ2v) is 5.41. The van der Waals surface area contributed by atoms with Crippen molar-refractivity contribution in [3.8, 4) is 0 Å². The van der Waals surface area contributed by atoms with Crippen LogP contribution in [-0.4, -0.2) is 10.8 Å². The molecule has 0 spiro atoms. The lowest BCUT2D eigenvalue weighted by molar-refractivity contribution is 0.0972. The van der Waals surface area contributed by atoms with Gasteiger partial charge in [0.15, 0.2) is 5.78 Å². The fourth-order valence-electron chi connectivity index (χ4n) is 2.46. The third-order valence-electron chi connectivity index (χ3n) is 3.49. The van der Waals surface area contributed by atoms with Gasteiger partial charge in [0.2, 0.25) is 0 Å². The molecule has 2 nitrogen and oxygen atoms in total. The summed E-state index contributed by atoms with van der Waals surface area (Å²) < 4.78 is 0. The molecule has 0 radical (unpaired) electrons. The Balaban J connectivity index is 2.08. The van der Waals surface area contributed by atoms with E-state index in [9.17, 15) is 4.79 Å². The highest BCUT2D eigenvalue weighted by molar-refractivity contribution is 6.31. The van der Waals surface area contributed by atoms with Gasteiger partial charge in [0.05, 0.1) is 11.6 Å². The molecule has 0 saturated carbocycles. The Morgan fingerprint density at radius 3 is 2.36 bits per heavy atom. The van der Waals surface area contributed by atoms with Crippen LogP contribution in [0.25, 0.3) is 0 Å². The number of hydrogen-bond acceptors (Lipinski definition) is 2. The summed E-state index contributed by atoms with van der Waals surface area (Å²) in [7, 11) is 0. The summed E-state index contributed by atoms with van der Waals surface area (Å²) in [6.07, 6.45) is 1.70. The average Bonchev–Trinajstić information content (AvgIpc) is 2.57. The largest absolute Gasteiger partial charge is 0.293 e. The van der Waals surface area contributed by atoms with Crippen LogP contribution >= 0.6 is 11.6 Å². The summed E-state index contributed by atoms with van der Waals surface area (Å²) in [4.78, 5) is 17.4. The van der Waals surface area contributed by atoms with Crippen molar-refractivity contribution in [3.05, 3.63) is 101 Å². The fourth-order valence-corrected chi connectivity index (χ4v) is 2.65. The first-order valence-corrected chi connectivity index (χ1v) is 7.39. The molecule has 3 rings (SSSR count). The van der Waals surface area contributed by atoms with E-state index in [0.29, 0.717) is 10.6 Å². The van der Waals surface area contributed by atoms with Crippen molar-refractivity contribution >= 4 is 17.4 Å². The number of hydrogen-bond donors (Lipinski definition) is 0. The highest BCUT2D eigenvalue weighted by Gasteiger charge is 2.25. The zero-order valence-corrected chi connectivity index (χ0v) is 12.6. The third-order valence-corrected chi connectivity index (χ3v) is 3.72. The molecular weight excluding hydrogens is 294 g/mol. The lowest BCUT2D eigenvalue weighted by atomic mass is 9.87. The molecule has 0 bridgehead atoms. The molecule has 0 saturated heterocycles. The molecule has 3 heteroatoms. The van der Waals surface area contributed by atoms with Crippen molar-refractivity contribution in [1.82, 2.24) is 4.98 Å². The Morgan fingerprint density at radius 1 is 0.909 bits per heavy atom. The molecule has 3 aromatic rings. The van der Waals surface area contributed by atoms with Crippen LogP contribution in [0.4, 0.5) is 0 Å². The minimum atomic E-state index is -0.430. The Labute approximate surface area is 134 Å². The molecule has 0 unspecified atom stereocenters. The van der Waals surface area contributed by atoms with Gasteiger partial charge < -0.3 is 0 Å². The third kappa shape index (κ3) is 3.07. The molecule has 1 heterocycles. The number of Topliss-reactive ketones (excluding diaryl/α,β-unsaturated/α-hetero) is 1. The van der Waals surface area contributed by atoms with Gasteiger partial charge in [0.25, 0.3) is 0 Å². The molecule has 0 N–H and O–H groups in total. The summed E-state index contributed by atoms with van der Waals surface area (Å²) in [6.45, 7) is 0. The number of carbonyl (C=O) groups is 1. The van der Waals surface area contributed by atoms with Gasteiger partial charge >= 0.3 is 0 Å². The summed E-state index contributed by atoms with van der Waals surface area (Å²) in [6, 6.07) is 22.3. The van der Waals surface area contributed by atoms with Crippen LogP contribution in [-0.2, 0) is 0 Å². The number of aromatic nitrogens is 1. The number of nitrogens with zero attached hydrogens (tertiary/aromatic N) is 1. The maximum absolute atomic E-state index is 13.0. The second kappa shape index (κ2) is 6.54. The highest BCUT2D eigenvalue weighted by atomic mass is 35.5. The second-order valence-electron chi connectivity index (χ2n) is 4.97. The Morgan fingerprint density at radius 2 is 1.68 bits per heavy atom. The highest BCUT2D eigenvalue weighted by Crippen LogP contribution is 2.27. The number of rotatable bonds is 4. The fraction of sp³-hybridized carbons (Fsp3) is 0.0526. The van der Waals surface area contributed by atoms with Gasteiger partial charge in [-0.05, 0) is 29.8 Å². The van der Waals surface area contributed by atoms with Crippen LogP contribution in [0.15, 0.2) is 79.0 Å². The topological polar surface area (TPSA) is 30.0 Å². The molecule has 0 fully saturated rings. The van der Waals surface area contributed by atoms with E-state index in [-0.39, 0.29) is 5.78 Å². The van der Waals surface area contributed by atoms with Crippen molar-refractivity contribution in [2.45, 2.75) is 5.92 Å². The number of ketones is 1. The number of benzene rings is 2. The maximum atomic E-state index is 13.0. The van der Waals surface area contributed by atoms with Crippen LogP contribution in [0.3, 0.4) is 0 Å². The Bertz CT molecular complexity index is 732. The lowest BCUT2D eigenvalue weighted by Gasteiger charge is -2.16. The Kier molecular flexibility index (Phi) is 4.31. The minimum Gasteiger partial charge on any atom is -0.293 e. The smallest absolute Gasteiger partial charge is 0.176 e. The number of pyridine rings is 1. The van der Waals surface area contributed by atoms with Gasteiger partial charge in [0, 0.05) is 16.8 Å². The van der Waals surface area contributed by atoms with Gasteiger partial charge in [-0.2, -0.15) is 0 Å². The van der Waals surface area contributed by atoms with E-state index in [1.165, 1.54) is 0 Å². The molecule has 1 atom stereocenters. The normalized spacial score (nSPS) is 11.9. The molecule has 0 aliphatic carbocycles. The summed E-state index contributed by atoms with van der Waals surface area (Å²) in [5.74, 6) is -0.437. The molecule has 0 aliphatic heterocycles. The summed E-state index contributed by atoms with van der Waals surface area (Å²) in [5.41, 5.74) is 2.25. The molecule has 1 aromatic heterocycles. The predicted octanol–water partition coefficient (Wildman–Crippen LogP) is 4.75. The molecule has 22 heavy (non-hydrogen) atoms. The molecule has 0 aliphatic rings. The number of carbonyl (C=O) groups excluding carboxylic acids is 1. The molecule has 108 valence electrons. The number of halogens is 1. The van der Waals surface area contributed by atoms with E-state index in [1.54, 1.807) is 30.5 Å². The van der Waals surface area contributed by atoms with Crippen molar-refractivity contribution in [3.63, 3.8) is 0 Å². The minimum absolute atomic E-state index is 0.00704. The zero-order valence-electron chi connectivity index (χ0n) is 11.8. The predicted molar refractivity (Wildman–Crippen MR) is 88.3 cm³/mol. The van der Waals surface area contributed by atoms with Gasteiger partial charge in [-0.3, -0.25) is 9.78 Å². The van der Waals surface area contributed by atoms with Gasteiger partial charge in [-0.15, -0.1) is 0 Å². The molecule has 0 amide bonds. The Hall–Kier alpha value is -2.45. The quantitative estimate of drug-likeness (QED) is 0.651. The van der Waals surface area contributed by atoms with E-state index in [2.05, 4.69) is 4.98 Å². The van der Waals surface area contributed by atoms with Crippen LogP contribution < -0.4 is 0 Å². The maximum Gasteiger partial charge on any atom is 0.176 e. The molecule has 2 aromatic carbocycles. The first-order chi connectivity index (χ1) is 10.8. The van der Waals surface area contributed by atoms with Gasteiger partial charge in [-0.1, -0.05) is 60.1 Å².